The van der Waals surface area contributed by atoms with Gasteiger partial charge in [0.2, 0.25) is 5.91 Å². The summed E-state index contributed by atoms with van der Waals surface area (Å²) in [6.45, 7) is 2.26. The summed E-state index contributed by atoms with van der Waals surface area (Å²) >= 11 is 0. The number of carbonyl (C=O) groups is 1. The van der Waals surface area contributed by atoms with Gasteiger partial charge in [0, 0.05) is 24.8 Å². The number of nitrogens with one attached hydrogen (secondary N) is 1. The lowest BCUT2D eigenvalue weighted by Gasteiger charge is -2.12. The molecule has 0 fully saturated rings. The van der Waals surface area contributed by atoms with Crippen molar-refractivity contribution in [1.82, 2.24) is 19.4 Å². The molecule has 0 aliphatic rings. The molecule has 3 aromatic rings. The fraction of sp³-hybridized carbons (Fsp3) is 0.263. The van der Waals surface area contributed by atoms with Gasteiger partial charge in [0.15, 0.2) is 0 Å². The summed E-state index contributed by atoms with van der Waals surface area (Å²) in [5.41, 5.74) is 0.867. The molecule has 0 unspecified atom stereocenters. The molecule has 0 aliphatic heterocycles. The van der Waals surface area contributed by atoms with Gasteiger partial charge in [-0.25, -0.2) is 4.98 Å². The van der Waals surface area contributed by atoms with Gasteiger partial charge in [-0.3, -0.25) is 19.0 Å². The highest BCUT2D eigenvalue weighted by Crippen LogP contribution is 2.08. The molecular weight excluding hydrogens is 348 g/mol. The number of methoxy groups -OCH3 is 1. The maximum Gasteiger partial charge on any atom is 0.261 e. The van der Waals surface area contributed by atoms with Crippen LogP contribution in [0.4, 0.5) is 0 Å². The van der Waals surface area contributed by atoms with Gasteiger partial charge >= 0.3 is 0 Å². The minimum absolute atomic E-state index is 0.132. The average Bonchev–Trinajstić information content (AvgIpc) is 2.66. The molecular formula is C19H20N4O4. The Morgan fingerprint density at radius 1 is 1.22 bits per heavy atom. The highest BCUT2D eigenvalue weighted by molar-refractivity contribution is 5.78. The van der Waals surface area contributed by atoms with Crippen molar-refractivity contribution in [3.05, 3.63) is 69.1 Å². The number of rotatable bonds is 6. The van der Waals surface area contributed by atoms with Crippen LogP contribution in [0.25, 0.3) is 10.9 Å². The van der Waals surface area contributed by atoms with Crippen molar-refractivity contribution < 1.29 is 9.53 Å². The monoisotopic (exact) mass is 368 g/mol. The first-order valence-electron chi connectivity index (χ1n) is 8.46. The molecule has 1 aromatic carbocycles. The Morgan fingerprint density at radius 3 is 2.74 bits per heavy atom. The van der Waals surface area contributed by atoms with Gasteiger partial charge in [-0.1, -0.05) is 12.1 Å². The first-order valence-corrected chi connectivity index (χ1v) is 8.46. The third-order valence-electron chi connectivity index (χ3n) is 4.25. The van der Waals surface area contributed by atoms with E-state index in [-0.39, 0.29) is 30.1 Å². The van der Waals surface area contributed by atoms with Crippen LogP contribution in [0, 0.1) is 6.92 Å². The molecule has 1 amide bonds. The van der Waals surface area contributed by atoms with E-state index in [1.165, 1.54) is 24.1 Å². The quantitative estimate of drug-likeness (QED) is 0.691. The molecule has 8 nitrogen and oxygen atoms in total. The minimum Gasteiger partial charge on any atom is -0.496 e. The van der Waals surface area contributed by atoms with Crippen molar-refractivity contribution >= 4 is 16.8 Å². The summed E-state index contributed by atoms with van der Waals surface area (Å²) in [7, 11) is 1.50. The van der Waals surface area contributed by atoms with Crippen LogP contribution in [0.2, 0.25) is 0 Å². The molecule has 3 rings (SSSR count). The number of aromatic nitrogens is 3. The summed E-state index contributed by atoms with van der Waals surface area (Å²) in [5.74, 6) is 0.175. The van der Waals surface area contributed by atoms with E-state index in [0.717, 1.165) is 5.69 Å². The standard InChI is InChI=1S/C19H20N4O4/c1-13-9-14(27-2)10-18(25)23(13)8-7-20-17(24)11-22-12-21-16-6-4-3-5-15(16)19(22)26/h3-6,9-10,12H,7-8,11H2,1-2H3,(H,20,24). The second-order valence-corrected chi connectivity index (χ2v) is 6.07. The summed E-state index contributed by atoms with van der Waals surface area (Å²) in [4.78, 5) is 40.8. The highest BCUT2D eigenvalue weighted by atomic mass is 16.5. The molecule has 0 saturated heterocycles. The second-order valence-electron chi connectivity index (χ2n) is 6.07. The molecule has 140 valence electrons. The molecule has 2 heterocycles. The normalized spacial score (nSPS) is 10.7. The van der Waals surface area contributed by atoms with Gasteiger partial charge in [-0.15, -0.1) is 0 Å². The topological polar surface area (TPSA) is 95.2 Å². The maximum absolute atomic E-state index is 12.4. The number of carbonyl (C=O) groups excluding carboxylic acids is 1. The van der Waals surface area contributed by atoms with E-state index in [1.54, 1.807) is 41.8 Å². The number of aryl methyl sites for hydroxylation is 1. The zero-order valence-electron chi connectivity index (χ0n) is 15.1. The molecule has 2 aromatic heterocycles. The van der Waals surface area contributed by atoms with Crippen LogP contribution in [0.1, 0.15) is 5.69 Å². The Hall–Kier alpha value is -3.42. The van der Waals surface area contributed by atoms with Gasteiger partial charge in [-0.05, 0) is 25.1 Å². The predicted molar refractivity (Wildman–Crippen MR) is 101 cm³/mol. The van der Waals surface area contributed by atoms with Crippen LogP contribution < -0.4 is 21.2 Å². The van der Waals surface area contributed by atoms with Crippen LogP contribution in [0.5, 0.6) is 5.75 Å². The Balaban J connectivity index is 1.63. The average molecular weight is 368 g/mol. The molecule has 0 saturated carbocycles. The first kappa shape index (κ1) is 18.4. The zero-order valence-corrected chi connectivity index (χ0v) is 15.1. The van der Waals surface area contributed by atoms with E-state index in [2.05, 4.69) is 10.3 Å². The summed E-state index contributed by atoms with van der Waals surface area (Å²) in [6, 6.07) is 10.1. The molecule has 0 spiro atoms. The van der Waals surface area contributed by atoms with E-state index in [4.69, 9.17) is 4.74 Å². The maximum atomic E-state index is 12.4. The van der Waals surface area contributed by atoms with Gasteiger partial charge in [0.1, 0.15) is 12.3 Å². The van der Waals surface area contributed by atoms with E-state index in [1.807, 2.05) is 0 Å². The molecule has 0 radical (unpaired) electrons. The number of fused-ring (bicyclic) bond motifs is 1. The fourth-order valence-corrected chi connectivity index (χ4v) is 2.84. The Kier molecular flexibility index (Phi) is 5.35. The predicted octanol–water partition coefficient (Wildman–Crippen LogP) is 0.692. The van der Waals surface area contributed by atoms with E-state index in [9.17, 15) is 14.4 Å². The number of hydrogen-bond donors (Lipinski definition) is 1. The van der Waals surface area contributed by atoms with Crippen LogP contribution in [0.15, 0.2) is 52.3 Å². The number of ether oxygens (including phenoxy) is 1. The van der Waals surface area contributed by atoms with Crippen LogP contribution in [-0.2, 0) is 17.9 Å². The SMILES string of the molecule is COc1cc(C)n(CCNC(=O)Cn2cnc3ccccc3c2=O)c(=O)c1. The van der Waals surface area contributed by atoms with Crippen molar-refractivity contribution in [2.24, 2.45) is 0 Å². The summed E-state index contributed by atoms with van der Waals surface area (Å²) < 4.78 is 7.87. The smallest absolute Gasteiger partial charge is 0.261 e. The van der Waals surface area contributed by atoms with Crippen molar-refractivity contribution in [1.29, 1.82) is 0 Å². The van der Waals surface area contributed by atoms with Crippen LogP contribution in [0.3, 0.4) is 0 Å². The van der Waals surface area contributed by atoms with Gasteiger partial charge in [-0.2, -0.15) is 0 Å². The highest BCUT2D eigenvalue weighted by Gasteiger charge is 2.09. The summed E-state index contributed by atoms with van der Waals surface area (Å²) in [5, 5.41) is 3.19. The van der Waals surface area contributed by atoms with Crippen molar-refractivity contribution in [3.8, 4) is 5.75 Å². The van der Waals surface area contributed by atoms with Gasteiger partial charge in [0.05, 0.1) is 24.3 Å². The van der Waals surface area contributed by atoms with Gasteiger partial charge in [0.25, 0.3) is 11.1 Å². The molecule has 8 heteroatoms. The molecule has 0 bridgehead atoms. The van der Waals surface area contributed by atoms with E-state index in [0.29, 0.717) is 23.2 Å². The Bertz CT molecular complexity index is 1100. The number of para-hydroxylation sites is 1. The zero-order chi connectivity index (χ0) is 19.4. The lowest BCUT2D eigenvalue weighted by atomic mass is 10.2. The van der Waals surface area contributed by atoms with Crippen LogP contribution in [-0.4, -0.2) is 33.7 Å². The second kappa shape index (κ2) is 7.86. The van der Waals surface area contributed by atoms with Crippen LogP contribution >= 0.6 is 0 Å². The largest absolute Gasteiger partial charge is 0.496 e. The van der Waals surface area contributed by atoms with Crippen molar-refractivity contribution in [3.63, 3.8) is 0 Å². The number of hydrogen-bond acceptors (Lipinski definition) is 5. The van der Waals surface area contributed by atoms with E-state index < -0.39 is 0 Å². The molecule has 27 heavy (non-hydrogen) atoms. The number of amides is 1. The lowest BCUT2D eigenvalue weighted by molar-refractivity contribution is -0.121. The molecule has 0 atom stereocenters. The Morgan fingerprint density at radius 2 is 2.00 bits per heavy atom. The number of benzene rings is 1. The van der Waals surface area contributed by atoms with E-state index >= 15 is 0 Å². The molecule has 0 aliphatic carbocycles. The Labute approximate surface area is 155 Å². The minimum atomic E-state index is -0.326. The third-order valence-corrected chi connectivity index (χ3v) is 4.25. The number of nitrogens with zero attached hydrogens (tertiary/aromatic N) is 3. The molecule has 1 N–H and O–H groups in total. The third kappa shape index (κ3) is 4.05. The summed E-state index contributed by atoms with van der Waals surface area (Å²) in [6.07, 6.45) is 1.36. The van der Waals surface area contributed by atoms with Crippen molar-refractivity contribution in [2.75, 3.05) is 13.7 Å². The van der Waals surface area contributed by atoms with Gasteiger partial charge < -0.3 is 14.6 Å². The van der Waals surface area contributed by atoms with Crippen molar-refractivity contribution in [2.45, 2.75) is 20.0 Å². The first-order chi connectivity index (χ1) is 13.0. The number of pyridine rings is 1. The fourth-order valence-electron chi connectivity index (χ4n) is 2.84. The lowest BCUT2D eigenvalue weighted by Crippen LogP contribution is -2.35.